The molecule has 36 heavy (non-hydrogen) atoms. The number of anilines is 1. The minimum Gasteiger partial charge on any atom is -0.493 e. The van der Waals surface area contributed by atoms with Gasteiger partial charge in [-0.2, -0.15) is 26.3 Å². The lowest BCUT2D eigenvalue weighted by atomic mass is 9.83. The van der Waals surface area contributed by atoms with E-state index in [2.05, 4.69) is 0 Å². The fourth-order valence-electron chi connectivity index (χ4n) is 4.06. The van der Waals surface area contributed by atoms with Gasteiger partial charge in [0, 0.05) is 23.8 Å². The molecule has 1 aliphatic heterocycles. The first-order valence-electron chi connectivity index (χ1n) is 10.8. The highest BCUT2D eigenvalue weighted by atomic mass is 19.4. The summed E-state index contributed by atoms with van der Waals surface area (Å²) in [4.78, 5) is 27.2. The van der Waals surface area contributed by atoms with Crippen LogP contribution in [-0.2, 0) is 9.53 Å². The third kappa shape index (κ3) is 5.52. The summed E-state index contributed by atoms with van der Waals surface area (Å²) in [6, 6.07) is 2.86. The maximum Gasteiger partial charge on any atom is 0.416 e. The van der Waals surface area contributed by atoms with E-state index in [-0.39, 0.29) is 48.4 Å². The molecule has 1 aliphatic carbocycles. The minimum atomic E-state index is -5.11. The maximum atomic E-state index is 13.5. The zero-order valence-corrected chi connectivity index (χ0v) is 19.5. The Balaban J connectivity index is 2.10. The molecule has 1 aromatic rings. The molecule has 0 fully saturated rings. The molecule has 1 atom stereocenters. The summed E-state index contributed by atoms with van der Waals surface area (Å²) >= 11 is 0. The Labute approximate surface area is 202 Å². The minimum absolute atomic E-state index is 0.00772. The normalized spacial score (nSPS) is 18.3. The Morgan fingerprint density at radius 3 is 2.19 bits per heavy atom. The SMILES string of the molecule is CCOC(=O)N1CCC(C(=O)C2=CCC(C(F)(F)F)=CC(C(F)(F)F)=C2)c2cc(OC)c(OC)cc21. The molecule has 1 unspecified atom stereocenters. The molecule has 0 saturated carbocycles. The largest absolute Gasteiger partial charge is 0.493 e. The van der Waals surface area contributed by atoms with E-state index in [0.717, 1.165) is 6.08 Å². The van der Waals surface area contributed by atoms with Crippen LogP contribution >= 0.6 is 0 Å². The van der Waals surface area contributed by atoms with Crippen LogP contribution in [0.2, 0.25) is 0 Å². The molecule has 1 aromatic carbocycles. The van der Waals surface area contributed by atoms with E-state index in [1.807, 2.05) is 0 Å². The first-order chi connectivity index (χ1) is 16.8. The van der Waals surface area contributed by atoms with Crippen molar-refractivity contribution in [1.29, 1.82) is 0 Å². The van der Waals surface area contributed by atoms with Crippen LogP contribution in [0.1, 0.15) is 31.2 Å². The molecule has 0 N–H and O–H groups in total. The zero-order valence-electron chi connectivity index (χ0n) is 19.5. The second-order valence-electron chi connectivity index (χ2n) is 7.95. The molecule has 1 amide bonds. The molecule has 12 heteroatoms. The summed E-state index contributed by atoms with van der Waals surface area (Å²) in [7, 11) is 2.69. The molecule has 0 spiro atoms. The number of carbonyl (C=O) groups excluding carboxylic acids is 2. The van der Waals surface area contributed by atoms with Crippen LogP contribution in [0.25, 0.3) is 0 Å². The molecule has 6 nitrogen and oxygen atoms in total. The van der Waals surface area contributed by atoms with Crippen molar-refractivity contribution < 1.29 is 50.1 Å². The summed E-state index contributed by atoms with van der Waals surface area (Å²) in [5.41, 5.74) is -3.04. The molecule has 0 radical (unpaired) electrons. The first-order valence-corrected chi connectivity index (χ1v) is 10.8. The van der Waals surface area contributed by atoms with Gasteiger partial charge in [-0.05, 0) is 43.5 Å². The molecule has 0 bridgehead atoms. The van der Waals surface area contributed by atoms with Crippen molar-refractivity contribution in [2.45, 2.75) is 38.0 Å². The van der Waals surface area contributed by atoms with Gasteiger partial charge < -0.3 is 14.2 Å². The van der Waals surface area contributed by atoms with E-state index in [1.54, 1.807) is 6.92 Å². The van der Waals surface area contributed by atoms with Crippen LogP contribution in [0.3, 0.4) is 0 Å². The first kappa shape index (κ1) is 27.2. The van der Waals surface area contributed by atoms with Crippen molar-refractivity contribution in [3.63, 3.8) is 0 Å². The third-order valence-electron chi connectivity index (χ3n) is 5.80. The van der Waals surface area contributed by atoms with Gasteiger partial charge in [-0.25, -0.2) is 4.79 Å². The average molecular weight is 519 g/mol. The fraction of sp³-hybridized carbons (Fsp3) is 0.417. The standard InChI is InChI=1S/C24H23F6NO5/c1-4-36-22(33)31-8-7-16(17-11-19(34-2)20(35-3)12-18(17)31)21(32)13-5-6-14(23(25,26)27)10-15(9-13)24(28,29)30/h5,9-12,16H,4,6-8H2,1-3H3. The fourth-order valence-corrected chi connectivity index (χ4v) is 4.06. The Bertz CT molecular complexity index is 1130. The number of rotatable bonds is 5. The number of methoxy groups -OCH3 is 2. The van der Waals surface area contributed by atoms with Crippen LogP contribution in [0.15, 0.2) is 47.1 Å². The van der Waals surface area contributed by atoms with E-state index >= 15 is 0 Å². The van der Waals surface area contributed by atoms with Crippen LogP contribution < -0.4 is 14.4 Å². The number of hydrogen-bond donors (Lipinski definition) is 0. The Morgan fingerprint density at radius 1 is 1.00 bits per heavy atom. The number of Topliss-reactive ketones (excluding diaryl/α,β-unsaturated/α-hetero) is 1. The van der Waals surface area contributed by atoms with Crippen LogP contribution in [0.4, 0.5) is 36.8 Å². The number of nitrogens with zero attached hydrogens (tertiary/aromatic N) is 1. The van der Waals surface area contributed by atoms with Gasteiger partial charge in [0.15, 0.2) is 17.3 Å². The lowest BCUT2D eigenvalue weighted by Crippen LogP contribution is -2.38. The number of carbonyl (C=O) groups is 2. The number of hydrogen-bond acceptors (Lipinski definition) is 5. The molecular formula is C24H23F6NO5. The molecule has 0 aromatic heterocycles. The van der Waals surface area contributed by atoms with Crippen molar-refractivity contribution >= 4 is 17.6 Å². The topological polar surface area (TPSA) is 65.1 Å². The van der Waals surface area contributed by atoms with E-state index < -0.39 is 53.3 Å². The van der Waals surface area contributed by atoms with Crippen molar-refractivity contribution in [3.8, 4) is 11.5 Å². The van der Waals surface area contributed by atoms with Gasteiger partial charge >= 0.3 is 18.4 Å². The monoisotopic (exact) mass is 519 g/mol. The molecular weight excluding hydrogens is 496 g/mol. The van der Waals surface area contributed by atoms with Crippen molar-refractivity contribution in [2.24, 2.45) is 0 Å². The highest BCUT2D eigenvalue weighted by Crippen LogP contribution is 2.45. The van der Waals surface area contributed by atoms with E-state index in [1.165, 1.54) is 31.3 Å². The Kier molecular flexibility index (Phi) is 7.75. The summed E-state index contributed by atoms with van der Waals surface area (Å²) in [5, 5.41) is 0. The Hall–Kier alpha value is -3.44. The lowest BCUT2D eigenvalue weighted by Gasteiger charge is -2.34. The number of alkyl halides is 6. The predicted molar refractivity (Wildman–Crippen MR) is 117 cm³/mol. The van der Waals surface area contributed by atoms with Gasteiger partial charge in [-0.3, -0.25) is 9.69 Å². The van der Waals surface area contributed by atoms with E-state index in [9.17, 15) is 35.9 Å². The van der Waals surface area contributed by atoms with Gasteiger partial charge in [0.2, 0.25) is 0 Å². The van der Waals surface area contributed by atoms with Gasteiger partial charge in [0.05, 0.1) is 38.0 Å². The molecule has 0 saturated heterocycles. The Morgan fingerprint density at radius 2 is 1.64 bits per heavy atom. The summed E-state index contributed by atoms with van der Waals surface area (Å²) < 4.78 is 95.8. The van der Waals surface area contributed by atoms with E-state index in [4.69, 9.17) is 14.2 Å². The maximum absolute atomic E-state index is 13.5. The lowest BCUT2D eigenvalue weighted by molar-refractivity contribution is -0.116. The van der Waals surface area contributed by atoms with E-state index in [0.29, 0.717) is 6.08 Å². The number of ether oxygens (including phenoxy) is 3. The number of halogens is 6. The number of fused-ring (bicyclic) bond motifs is 1. The van der Waals surface area contributed by atoms with Gasteiger partial charge in [0.1, 0.15) is 0 Å². The van der Waals surface area contributed by atoms with Crippen LogP contribution in [0, 0.1) is 0 Å². The highest BCUT2D eigenvalue weighted by molar-refractivity contribution is 6.05. The molecule has 2 aliphatic rings. The molecule has 1 heterocycles. The number of benzene rings is 1. The smallest absolute Gasteiger partial charge is 0.416 e. The summed E-state index contributed by atoms with van der Waals surface area (Å²) in [6.07, 6.45) is -10.4. The number of ketones is 1. The molecule has 3 rings (SSSR count). The van der Waals surface area contributed by atoms with Gasteiger partial charge in [0.25, 0.3) is 0 Å². The second-order valence-corrected chi connectivity index (χ2v) is 7.95. The average Bonchev–Trinajstić information content (AvgIpc) is 3.06. The van der Waals surface area contributed by atoms with Crippen LogP contribution in [0.5, 0.6) is 11.5 Å². The zero-order chi connectivity index (χ0) is 26.8. The summed E-state index contributed by atoms with van der Waals surface area (Å²) in [5.74, 6) is -1.45. The number of allylic oxidation sites excluding steroid dienone is 6. The second kappa shape index (κ2) is 10.3. The van der Waals surface area contributed by atoms with Crippen LogP contribution in [-0.4, -0.2) is 51.6 Å². The van der Waals surface area contributed by atoms with Gasteiger partial charge in [-0.1, -0.05) is 6.08 Å². The highest BCUT2D eigenvalue weighted by Gasteiger charge is 2.41. The third-order valence-corrected chi connectivity index (χ3v) is 5.80. The predicted octanol–water partition coefficient (Wildman–Crippen LogP) is 6.03. The quantitative estimate of drug-likeness (QED) is 0.445. The molecule has 196 valence electrons. The number of amides is 1. The van der Waals surface area contributed by atoms with Crippen molar-refractivity contribution in [1.82, 2.24) is 0 Å². The van der Waals surface area contributed by atoms with Crippen molar-refractivity contribution in [3.05, 3.63) is 52.6 Å². The summed E-state index contributed by atoms with van der Waals surface area (Å²) in [6.45, 7) is 1.66. The van der Waals surface area contributed by atoms with Gasteiger partial charge in [-0.15, -0.1) is 0 Å². The van der Waals surface area contributed by atoms with Crippen molar-refractivity contribution in [2.75, 3.05) is 32.3 Å².